The first-order chi connectivity index (χ1) is 15.7. The van der Waals surface area contributed by atoms with Crippen LogP contribution in [0.15, 0.2) is 47.4 Å². The third-order valence-electron chi connectivity index (χ3n) is 5.19. The Morgan fingerprint density at radius 3 is 2.67 bits per heavy atom. The van der Waals surface area contributed by atoms with E-state index in [2.05, 4.69) is 4.72 Å². The quantitative estimate of drug-likeness (QED) is 0.337. The lowest BCUT2D eigenvalue weighted by molar-refractivity contribution is -0.135. The van der Waals surface area contributed by atoms with Gasteiger partial charge in [-0.1, -0.05) is 17.7 Å². The van der Waals surface area contributed by atoms with Gasteiger partial charge < -0.3 is 14.2 Å². The molecule has 2 atom stereocenters. The Labute approximate surface area is 195 Å². The molecule has 2 unspecified atom stereocenters. The van der Waals surface area contributed by atoms with Crippen LogP contribution < -0.4 is 14.9 Å². The van der Waals surface area contributed by atoms with Crippen LogP contribution in [0.5, 0.6) is 5.75 Å². The number of amides is 1. The van der Waals surface area contributed by atoms with Gasteiger partial charge >= 0.3 is 0 Å². The van der Waals surface area contributed by atoms with Crippen LogP contribution in [0.3, 0.4) is 0 Å². The van der Waals surface area contributed by atoms with E-state index in [9.17, 15) is 17.6 Å². The summed E-state index contributed by atoms with van der Waals surface area (Å²) in [6.45, 7) is 0.189. The number of hydroxylamine groups is 1. The van der Waals surface area contributed by atoms with Gasteiger partial charge in [-0.2, -0.15) is 4.72 Å². The number of nitrogens with one attached hydrogen (secondary N) is 2. The van der Waals surface area contributed by atoms with Crippen molar-refractivity contribution in [1.82, 2.24) is 10.2 Å². The standard InChI is InChI=1S/C21H24ClFN2O7S/c1-30-9-8-17-11-21(13-32-17,20(26)24-27)25-33(28,29)18-6-4-16(5-7-18)31-12-14-2-3-15(23)10-19(14)22/h2-7,10,17,25,27H,8-9,11-13H2,1H3,(H,24,26). The maximum absolute atomic E-state index is 13.1. The zero-order valence-corrected chi connectivity index (χ0v) is 19.3. The number of hydrogen-bond acceptors (Lipinski definition) is 7. The summed E-state index contributed by atoms with van der Waals surface area (Å²) in [6, 6.07) is 9.44. The van der Waals surface area contributed by atoms with Crippen molar-refractivity contribution in [2.24, 2.45) is 0 Å². The first-order valence-corrected chi connectivity index (χ1v) is 11.8. The van der Waals surface area contributed by atoms with E-state index < -0.39 is 33.4 Å². The second kappa shape index (κ2) is 10.8. The van der Waals surface area contributed by atoms with E-state index in [0.29, 0.717) is 24.3 Å². The summed E-state index contributed by atoms with van der Waals surface area (Å²) < 4.78 is 57.6. The Morgan fingerprint density at radius 2 is 2.03 bits per heavy atom. The number of rotatable bonds is 10. The molecule has 0 bridgehead atoms. The molecule has 33 heavy (non-hydrogen) atoms. The first kappa shape index (κ1) is 25.3. The Morgan fingerprint density at radius 1 is 1.30 bits per heavy atom. The van der Waals surface area contributed by atoms with E-state index >= 15 is 0 Å². The third-order valence-corrected chi connectivity index (χ3v) is 7.10. The Hall–Kier alpha value is -2.28. The lowest BCUT2D eigenvalue weighted by Gasteiger charge is -2.26. The van der Waals surface area contributed by atoms with Gasteiger partial charge in [-0.25, -0.2) is 18.3 Å². The Kier molecular flexibility index (Phi) is 8.27. The molecule has 1 heterocycles. The molecule has 3 N–H and O–H groups in total. The van der Waals surface area contributed by atoms with Crippen molar-refractivity contribution in [2.75, 3.05) is 20.3 Å². The molecule has 9 nitrogen and oxygen atoms in total. The van der Waals surface area contributed by atoms with E-state index in [1.165, 1.54) is 55.1 Å². The van der Waals surface area contributed by atoms with E-state index in [-0.39, 0.29) is 29.6 Å². The van der Waals surface area contributed by atoms with E-state index in [0.717, 1.165) is 0 Å². The molecular formula is C21H24ClFN2O7S. The minimum absolute atomic E-state index is 0.0294. The minimum Gasteiger partial charge on any atom is -0.489 e. The van der Waals surface area contributed by atoms with Crippen LogP contribution in [0.1, 0.15) is 18.4 Å². The number of ether oxygens (including phenoxy) is 3. The molecule has 0 aliphatic carbocycles. The average molecular weight is 503 g/mol. The number of sulfonamides is 1. The van der Waals surface area contributed by atoms with Gasteiger partial charge in [0.05, 0.1) is 22.6 Å². The topological polar surface area (TPSA) is 123 Å². The predicted molar refractivity (Wildman–Crippen MR) is 116 cm³/mol. The van der Waals surface area contributed by atoms with Crippen molar-refractivity contribution >= 4 is 27.5 Å². The summed E-state index contributed by atoms with van der Waals surface area (Å²) in [7, 11) is -2.63. The zero-order chi connectivity index (χ0) is 24.1. The van der Waals surface area contributed by atoms with Crippen LogP contribution in [0.2, 0.25) is 5.02 Å². The van der Waals surface area contributed by atoms with Crippen molar-refractivity contribution < 1.29 is 37.0 Å². The van der Waals surface area contributed by atoms with E-state index in [1.54, 1.807) is 0 Å². The van der Waals surface area contributed by atoms with E-state index in [1.807, 2.05) is 0 Å². The molecule has 0 spiro atoms. The second-order valence-electron chi connectivity index (χ2n) is 7.54. The molecule has 0 radical (unpaired) electrons. The lowest BCUT2D eigenvalue weighted by Crippen LogP contribution is -2.59. The van der Waals surface area contributed by atoms with Crippen molar-refractivity contribution in [3.8, 4) is 5.75 Å². The maximum Gasteiger partial charge on any atom is 0.267 e. The van der Waals surface area contributed by atoms with Crippen LogP contribution in [0.25, 0.3) is 0 Å². The average Bonchev–Trinajstić information content (AvgIpc) is 3.20. The fraction of sp³-hybridized carbons (Fsp3) is 0.381. The molecule has 0 saturated carbocycles. The number of halogens is 2. The highest BCUT2D eigenvalue weighted by Gasteiger charge is 2.49. The molecule has 12 heteroatoms. The van der Waals surface area contributed by atoms with Gasteiger partial charge in [0.2, 0.25) is 10.0 Å². The van der Waals surface area contributed by atoms with Gasteiger partial charge in [0.1, 0.15) is 23.7 Å². The molecule has 2 aromatic carbocycles. The molecule has 1 fully saturated rings. The second-order valence-corrected chi connectivity index (χ2v) is 9.63. The molecular weight excluding hydrogens is 479 g/mol. The summed E-state index contributed by atoms with van der Waals surface area (Å²) in [6.07, 6.45) is 0.0729. The Bertz CT molecular complexity index is 1080. The fourth-order valence-electron chi connectivity index (χ4n) is 3.42. The smallest absolute Gasteiger partial charge is 0.267 e. The molecule has 1 saturated heterocycles. The monoisotopic (exact) mass is 502 g/mol. The van der Waals surface area contributed by atoms with E-state index in [4.69, 9.17) is 31.0 Å². The number of carbonyl (C=O) groups is 1. The van der Waals surface area contributed by atoms with Gasteiger partial charge in [0.15, 0.2) is 0 Å². The SMILES string of the molecule is COCCC1CC(NS(=O)(=O)c2ccc(OCc3ccc(F)cc3Cl)cc2)(C(=O)NO)CO1. The lowest BCUT2D eigenvalue weighted by atomic mass is 9.95. The third kappa shape index (κ3) is 6.19. The molecule has 1 aliphatic rings. The van der Waals surface area contributed by atoms with Crippen LogP contribution in [-0.2, 0) is 30.9 Å². The van der Waals surface area contributed by atoms with Gasteiger partial charge in [0.25, 0.3) is 5.91 Å². The number of methoxy groups -OCH3 is 1. The minimum atomic E-state index is -4.15. The van der Waals surface area contributed by atoms with Crippen molar-refractivity contribution in [1.29, 1.82) is 0 Å². The molecule has 2 aromatic rings. The summed E-state index contributed by atoms with van der Waals surface area (Å²) in [5.74, 6) is -1.01. The van der Waals surface area contributed by atoms with Gasteiger partial charge in [-0.15, -0.1) is 0 Å². The van der Waals surface area contributed by atoms with Crippen LogP contribution in [-0.4, -0.2) is 51.5 Å². The number of benzene rings is 2. The van der Waals surface area contributed by atoms with Crippen molar-refractivity contribution in [3.63, 3.8) is 0 Å². The molecule has 1 aliphatic heterocycles. The predicted octanol–water partition coefficient (Wildman–Crippen LogP) is 2.41. The van der Waals surface area contributed by atoms with Gasteiger partial charge in [-0.05, 0) is 42.8 Å². The van der Waals surface area contributed by atoms with Crippen molar-refractivity contribution in [2.45, 2.75) is 36.0 Å². The van der Waals surface area contributed by atoms with Crippen LogP contribution in [0, 0.1) is 5.82 Å². The molecule has 1 amide bonds. The largest absolute Gasteiger partial charge is 0.489 e. The summed E-state index contributed by atoms with van der Waals surface area (Å²) >= 11 is 5.98. The van der Waals surface area contributed by atoms with Gasteiger partial charge in [0, 0.05) is 25.7 Å². The zero-order valence-electron chi connectivity index (χ0n) is 17.7. The summed E-state index contributed by atoms with van der Waals surface area (Å²) in [5.41, 5.74) is 0.418. The van der Waals surface area contributed by atoms with Crippen LogP contribution in [0.4, 0.5) is 4.39 Å². The molecule has 180 valence electrons. The molecule has 3 rings (SSSR count). The summed E-state index contributed by atoms with van der Waals surface area (Å²) in [5, 5.41) is 9.37. The van der Waals surface area contributed by atoms with Crippen LogP contribution >= 0.6 is 11.6 Å². The highest BCUT2D eigenvalue weighted by molar-refractivity contribution is 7.89. The highest BCUT2D eigenvalue weighted by Crippen LogP contribution is 2.29. The fourth-order valence-corrected chi connectivity index (χ4v) is 5.00. The van der Waals surface area contributed by atoms with Gasteiger partial charge in [-0.3, -0.25) is 10.0 Å². The van der Waals surface area contributed by atoms with Crippen molar-refractivity contribution in [3.05, 3.63) is 58.9 Å². The highest BCUT2D eigenvalue weighted by atomic mass is 35.5. The normalized spacial score (nSPS) is 20.5. The molecule has 0 aromatic heterocycles. The Balaban J connectivity index is 1.70. The number of hydrogen-bond donors (Lipinski definition) is 3. The summed E-state index contributed by atoms with van der Waals surface area (Å²) in [4.78, 5) is 12.2. The first-order valence-electron chi connectivity index (χ1n) is 9.95. The number of carbonyl (C=O) groups excluding carboxylic acids is 1. The maximum atomic E-state index is 13.1.